The van der Waals surface area contributed by atoms with Gasteiger partial charge in [0.1, 0.15) is 17.5 Å². The van der Waals surface area contributed by atoms with Crippen LogP contribution in [0.5, 0.6) is 0 Å². The topological polar surface area (TPSA) is 174 Å². The van der Waals surface area contributed by atoms with Crippen LogP contribution < -0.4 is 26.2 Å². The molecule has 1 fully saturated rings. The van der Waals surface area contributed by atoms with Gasteiger partial charge in [0.05, 0.1) is 18.3 Å². The molecule has 3 aromatic heterocycles. The molecule has 13 heteroatoms. The highest BCUT2D eigenvalue weighted by Crippen LogP contribution is 2.28. The van der Waals surface area contributed by atoms with Gasteiger partial charge in [0, 0.05) is 79.3 Å². The van der Waals surface area contributed by atoms with Crippen LogP contribution in [-0.4, -0.2) is 75.0 Å². The van der Waals surface area contributed by atoms with E-state index in [0.717, 1.165) is 43.1 Å². The number of amides is 2. The molecular weight excluding hydrogens is 622 g/mol. The van der Waals surface area contributed by atoms with Gasteiger partial charge in [-0.1, -0.05) is 36.4 Å². The van der Waals surface area contributed by atoms with Crippen LogP contribution in [-0.2, 0) is 11.2 Å². The number of hydrogen-bond acceptors (Lipinski definition) is 10. The normalized spacial score (nSPS) is 13.3. The van der Waals surface area contributed by atoms with E-state index in [9.17, 15) is 19.5 Å². The number of rotatable bonds is 12. The third-order valence-electron chi connectivity index (χ3n) is 7.85. The van der Waals surface area contributed by atoms with Gasteiger partial charge in [0.2, 0.25) is 0 Å². The van der Waals surface area contributed by atoms with Gasteiger partial charge in [-0.05, 0) is 48.4 Å². The summed E-state index contributed by atoms with van der Waals surface area (Å²) in [5.74, 6) is -0.192. The lowest BCUT2D eigenvalue weighted by molar-refractivity contribution is -0.137. The van der Waals surface area contributed by atoms with Gasteiger partial charge in [-0.15, -0.1) is 0 Å². The molecule has 1 saturated heterocycles. The molecule has 0 bridgehead atoms. The van der Waals surface area contributed by atoms with Crippen molar-refractivity contribution in [3.8, 4) is 11.3 Å². The van der Waals surface area contributed by atoms with Crippen molar-refractivity contribution in [1.82, 2.24) is 30.6 Å². The average molecular weight is 658 g/mol. The molecule has 1 aliphatic heterocycles. The molecule has 4 heterocycles. The number of anilines is 4. The molecule has 1 aliphatic rings. The Morgan fingerprint density at radius 2 is 1.63 bits per heavy atom. The first-order valence-corrected chi connectivity index (χ1v) is 15.8. The molecule has 0 saturated carbocycles. The first-order valence-electron chi connectivity index (χ1n) is 15.8. The Kier molecular flexibility index (Phi) is 10.4. The third kappa shape index (κ3) is 8.99. The fourth-order valence-electron chi connectivity index (χ4n) is 5.51. The van der Waals surface area contributed by atoms with Crippen LogP contribution in [0.2, 0.25) is 0 Å². The summed E-state index contributed by atoms with van der Waals surface area (Å²) in [5.41, 5.74) is 3.25. The number of aliphatic carboxylic acids is 1. The summed E-state index contributed by atoms with van der Waals surface area (Å²) in [6.07, 6.45) is 6.55. The number of nitrogens with zero attached hydrogens (tertiary/aromatic N) is 5. The lowest BCUT2D eigenvalue weighted by atomic mass is 10.0. The van der Waals surface area contributed by atoms with Gasteiger partial charge in [0.25, 0.3) is 11.8 Å². The molecule has 0 unspecified atom stereocenters. The van der Waals surface area contributed by atoms with E-state index in [4.69, 9.17) is 4.98 Å². The molecule has 5 aromatic rings. The maximum absolute atomic E-state index is 13.6. The zero-order valence-corrected chi connectivity index (χ0v) is 26.5. The van der Waals surface area contributed by atoms with Crippen LogP contribution in [0.4, 0.5) is 23.1 Å². The predicted octanol–water partition coefficient (Wildman–Crippen LogP) is 4.15. The molecule has 5 N–H and O–H groups in total. The molecule has 13 nitrogen and oxygen atoms in total. The highest BCUT2D eigenvalue weighted by atomic mass is 16.4. The van der Waals surface area contributed by atoms with Gasteiger partial charge >= 0.3 is 5.97 Å². The Labute approximate surface area is 282 Å². The summed E-state index contributed by atoms with van der Waals surface area (Å²) in [6.45, 7) is 3.42. The first-order chi connectivity index (χ1) is 23.9. The largest absolute Gasteiger partial charge is 0.481 e. The number of carbonyl (C=O) groups is 3. The summed E-state index contributed by atoms with van der Waals surface area (Å²) < 4.78 is 0. The first kappa shape index (κ1) is 32.7. The number of nitrogens with one attached hydrogen (secondary N) is 4. The molecule has 2 aromatic carbocycles. The van der Waals surface area contributed by atoms with E-state index >= 15 is 0 Å². The minimum atomic E-state index is -1.02. The van der Waals surface area contributed by atoms with E-state index in [1.165, 1.54) is 6.07 Å². The zero-order chi connectivity index (χ0) is 34.0. The number of pyridine rings is 2. The Morgan fingerprint density at radius 1 is 0.837 bits per heavy atom. The number of hydrogen-bond donors (Lipinski definition) is 5. The molecule has 248 valence electrons. The minimum Gasteiger partial charge on any atom is -0.481 e. The SMILES string of the molecule is O=C(O)C[C@H](Cc1ccccc1)NC(=O)c1cccc(C(=O)Nc2cc(Nc3cnccn3)nc(-c3ccnc(N4CCNCC4)c3)c2)c1. The number of benzene rings is 2. The van der Waals surface area contributed by atoms with Crippen molar-refractivity contribution in [1.29, 1.82) is 0 Å². The third-order valence-corrected chi connectivity index (χ3v) is 7.85. The van der Waals surface area contributed by atoms with Gasteiger partial charge in [-0.3, -0.25) is 19.4 Å². The van der Waals surface area contributed by atoms with Crippen molar-refractivity contribution in [3.05, 3.63) is 120 Å². The Morgan fingerprint density at radius 3 is 2.39 bits per heavy atom. The number of carbonyl (C=O) groups excluding carboxylic acids is 2. The second-order valence-corrected chi connectivity index (χ2v) is 11.5. The fourth-order valence-corrected chi connectivity index (χ4v) is 5.51. The molecule has 0 radical (unpaired) electrons. The molecule has 0 spiro atoms. The smallest absolute Gasteiger partial charge is 0.305 e. The van der Waals surface area contributed by atoms with Crippen molar-refractivity contribution in [2.45, 2.75) is 18.9 Å². The molecule has 2 amide bonds. The summed E-state index contributed by atoms with van der Waals surface area (Å²) in [4.78, 5) is 58.3. The second-order valence-electron chi connectivity index (χ2n) is 11.5. The van der Waals surface area contributed by atoms with Crippen LogP contribution in [0, 0.1) is 0 Å². The van der Waals surface area contributed by atoms with Crippen LogP contribution >= 0.6 is 0 Å². The molecule has 6 rings (SSSR count). The van der Waals surface area contributed by atoms with E-state index < -0.39 is 23.8 Å². The monoisotopic (exact) mass is 657 g/mol. The van der Waals surface area contributed by atoms with E-state index in [1.54, 1.807) is 55.1 Å². The Bertz CT molecular complexity index is 1920. The summed E-state index contributed by atoms with van der Waals surface area (Å²) >= 11 is 0. The number of piperazine rings is 1. The second kappa shape index (κ2) is 15.6. The highest BCUT2D eigenvalue weighted by molar-refractivity contribution is 6.06. The Hall–Kier alpha value is -6.21. The maximum atomic E-state index is 13.6. The maximum Gasteiger partial charge on any atom is 0.305 e. The fraction of sp³-hybridized carbons (Fsp3) is 0.194. The van der Waals surface area contributed by atoms with E-state index in [-0.39, 0.29) is 17.5 Å². The van der Waals surface area contributed by atoms with Gasteiger partial charge < -0.3 is 31.3 Å². The van der Waals surface area contributed by atoms with Crippen LogP contribution in [0.1, 0.15) is 32.7 Å². The molecule has 1 atom stereocenters. The van der Waals surface area contributed by atoms with E-state index in [1.807, 2.05) is 42.5 Å². The van der Waals surface area contributed by atoms with Crippen LogP contribution in [0.25, 0.3) is 11.3 Å². The summed E-state index contributed by atoms with van der Waals surface area (Å²) in [6, 6.07) is 22.3. The summed E-state index contributed by atoms with van der Waals surface area (Å²) in [5, 5.41) is 21.7. The molecule has 49 heavy (non-hydrogen) atoms. The van der Waals surface area contributed by atoms with Crippen molar-refractivity contribution in [2.24, 2.45) is 0 Å². The molecular formula is C36H35N9O4. The van der Waals surface area contributed by atoms with Gasteiger partial charge in [-0.2, -0.15) is 0 Å². The zero-order valence-electron chi connectivity index (χ0n) is 26.5. The minimum absolute atomic E-state index is 0.230. The average Bonchev–Trinajstić information content (AvgIpc) is 3.12. The number of carboxylic acid groups (broad SMARTS) is 1. The van der Waals surface area contributed by atoms with Crippen molar-refractivity contribution in [3.63, 3.8) is 0 Å². The van der Waals surface area contributed by atoms with Crippen LogP contribution in [0.15, 0.2) is 104 Å². The van der Waals surface area contributed by atoms with Crippen LogP contribution in [0.3, 0.4) is 0 Å². The standard InChI is InChI=1S/C36H35N9O4/c46-34(47)22-28(17-24-5-2-1-3-6-24)41-35(48)26-7-4-8-27(18-26)36(49)42-29-20-30(43-31(21-29)44-32-23-38-11-12-39-32)25-9-10-40-33(19-25)45-15-13-37-14-16-45/h1-12,18-21,23,28,37H,13-17,22H2,(H,41,48)(H,46,47)(H2,39,42,43,44,49)/t28-/m0/s1. The lowest BCUT2D eigenvalue weighted by Gasteiger charge is -2.28. The van der Waals surface area contributed by atoms with Crippen molar-refractivity contribution in [2.75, 3.05) is 41.7 Å². The number of carboxylic acids is 1. The predicted molar refractivity (Wildman–Crippen MR) is 186 cm³/mol. The van der Waals surface area contributed by atoms with Crippen molar-refractivity contribution >= 4 is 40.9 Å². The van der Waals surface area contributed by atoms with Gasteiger partial charge in [-0.25, -0.2) is 15.0 Å². The van der Waals surface area contributed by atoms with Gasteiger partial charge in [0.15, 0.2) is 0 Å². The quantitative estimate of drug-likeness (QED) is 0.130. The van der Waals surface area contributed by atoms with Crippen molar-refractivity contribution < 1.29 is 19.5 Å². The number of aromatic nitrogens is 4. The summed E-state index contributed by atoms with van der Waals surface area (Å²) in [7, 11) is 0. The Balaban J connectivity index is 1.23. The highest BCUT2D eigenvalue weighted by Gasteiger charge is 2.19. The van der Waals surface area contributed by atoms with E-state index in [2.05, 4.69) is 41.1 Å². The lowest BCUT2D eigenvalue weighted by Crippen LogP contribution is -2.43. The van der Waals surface area contributed by atoms with E-state index in [0.29, 0.717) is 29.4 Å². The molecule has 0 aliphatic carbocycles.